The van der Waals surface area contributed by atoms with Crippen LogP contribution in [-0.2, 0) is 21.3 Å². The number of hydrogen-bond donors (Lipinski definition) is 2. The number of rotatable bonds is 9. The first-order chi connectivity index (χ1) is 8.95. The molecule has 0 aliphatic carbocycles. The SMILES string of the molecule is CC(C)COCCCNS(=O)(=O)c1ccc(CN)o1. The normalized spacial score (nSPS) is 12.2. The highest BCUT2D eigenvalue weighted by atomic mass is 32.2. The third-order valence-corrected chi connectivity index (χ3v) is 3.65. The molecule has 0 atom stereocenters. The van der Waals surface area contributed by atoms with E-state index in [-0.39, 0.29) is 11.6 Å². The highest BCUT2D eigenvalue weighted by Crippen LogP contribution is 2.12. The molecular formula is C12H22N2O4S. The minimum absolute atomic E-state index is 0.101. The average molecular weight is 290 g/mol. The van der Waals surface area contributed by atoms with E-state index in [2.05, 4.69) is 18.6 Å². The molecule has 6 nitrogen and oxygen atoms in total. The third kappa shape index (κ3) is 5.73. The minimum atomic E-state index is -3.58. The molecule has 0 bridgehead atoms. The summed E-state index contributed by atoms with van der Waals surface area (Å²) in [5, 5.41) is -0.101. The zero-order valence-electron chi connectivity index (χ0n) is 11.4. The number of nitrogens with one attached hydrogen (secondary N) is 1. The van der Waals surface area contributed by atoms with Gasteiger partial charge in [-0.05, 0) is 24.5 Å². The van der Waals surface area contributed by atoms with Crippen LogP contribution in [0.25, 0.3) is 0 Å². The highest BCUT2D eigenvalue weighted by Gasteiger charge is 2.17. The average Bonchev–Trinajstić information content (AvgIpc) is 2.82. The molecule has 3 N–H and O–H groups in total. The van der Waals surface area contributed by atoms with Crippen molar-refractivity contribution in [3.63, 3.8) is 0 Å². The molecule has 19 heavy (non-hydrogen) atoms. The number of sulfonamides is 1. The summed E-state index contributed by atoms with van der Waals surface area (Å²) in [5.41, 5.74) is 5.36. The summed E-state index contributed by atoms with van der Waals surface area (Å²) >= 11 is 0. The Morgan fingerprint density at radius 2 is 2.16 bits per heavy atom. The fourth-order valence-electron chi connectivity index (χ4n) is 1.38. The molecule has 0 fully saturated rings. The van der Waals surface area contributed by atoms with Crippen molar-refractivity contribution < 1.29 is 17.6 Å². The Balaban J connectivity index is 2.31. The van der Waals surface area contributed by atoms with Gasteiger partial charge in [-0.15, -0.1) is 0 Å². The monoisotopic (exact) mass is 290 g/mol. The Hall–Kier alpha value is -0.890. The van der Waals surface area contributed by atoms with Gasteiger partial charge in [-0.1, -0.05) is 13.8 Å². The standard InChI is InChI=1S/C12H22N2O4S/c1-10(2)9-17-7-3-6-14-19(15,16)12-5-4-11(8-13)18-12/h4-5,10,14H,3,6-9,13H2,1-2H3. The lowest BCUT2D eigenvalue weighted by molar-refractivity contribution is 0.108. The van der Waals surface area contributed by atoms with Crippen LogP contribution >= 0.6 is 0 Å². The molecule has 1 aromatic rings. The van der Waals surface area contributed by atoms with Gasteiger partial charge in [0.25, 0.3) is 10.0 Å². The van der Waals surface area contributed by atoms with E-state index >= 15 is 0 Å². The fraction of sp³-hybridized carbons (Fsp3) is 0.667. The van der Waals surface area contributed by atoms with Crippen LogP contribution in [0.15, 0.2) is 21.6 Å². The van der Waals surface area contributed by atoms with E-state index in [4.69, 9.17) is 14.9 Å². The van der Waals surface area contributed by atoms with Crippen LogP contribution in [0, 0.1) is 5.92 Å². The first kappa shape index (κ1) is 16.2. The van der Waals surface area contributed by atoms with Crippen molar-refractivity contribution in [3.8, 4) is 0 Å². The van der Waals surface area contributed by atoms with Crippen molar-refractivity contribution in [3.05, 3.63) is 17.9 Å². The van der Waals surface area contributed by atoms with Crippen LogP contribution in [0.1, 0.15) is 26.0 Å². The lowest BCUT2D eigenvalue weighted by Crippen LogP contribution is -2.25. The summed E-state index contributed by atoms with van der Waals surface area (Å²) in [4.78, 5) is 0. The minimum Gasteiger partial charge on any atom is -0.447 e. The van der Waals surface area contributed by atoms with Gasteiger partial charge in [0, 0.05) is 19.8 Å². The molecule has 0 spiro atoms. The molecule has 0 unspecified atom stereocenters. The van der Waals surface area contributed by atoms with Gasteiger partial charge in [0.2, 0.25) is 5.09 Å². The molecule has 0 amide bonds. The van der Waals surface area contributed by atoms with Gasteiger partial charge < -0.3 is 14.9 Å². The fourth-order valence-corrected chi connectivity index (χ4v) is 2.40. The second-order valence-electron chi connectivity index (χ2n) is 4.64. The molecule has 1 heterocycles. The van der Waals surface area contributed by atoms with Crippen molar-refractivity contribution in [1.29, 1.82) is 0 Å². The molecule has 0 aliphatic heterocycles. The lowest BCUT2D eigenvalue weighted by atomic mass is 10.2. The highest BCUT2D eigenvalue weighted by molar-refractivity contribution is 7.89. The molecular weight excluding hydrogens is 268 g/mol. The molecule has 0 radical (unpaired) electrons. The summed E-state index contributed by atoms with van der Waals surface area (Å²) in [6.07, 6.45) is 0.621. The number of furan rings is 1. The van der Waals surface area contributed by atoms with Gasteiger partial charge in [0.15, 0.2) is 0 Å². The maximum Gasteiger partial charge on any atom is 0.273 e. The number of hydrogen-bond acceptors (Lipinski definition) is 5. The zero-order valence-corrected chi connectivity index (χ0v) is 12.2. The summed E-state index contributed by atoms with van der Waals surface area (Å²) in [6.45, 7) is 5.85. The van der Waals surface area contributed by atoms with E-state index in [0.29, 0.717) is 37.9 Å². The van der Waals surface area contributed by atoms with Crippen LogP contribution in [0.5, 0.6) is 0 Å². The van der Waals surface area contributed by atoms with E-state index in [9.17, 15) is 8.42 Å². The molecule has 0 aromatic carbocycles. The van der Waals surface area contributed by atoms with Crippen LogP contribution < -0.4 is 10.5 Å². The smallest absolute Gasteiger partial charge is 0.273 e. The Morgan fingerprint density at radius 3 is 2.74 bits per heavy atom. The second-order valence-corrected chi connectivity index (χ2v) is 6.34. The van der Waals surface area contributed by atoms with Crippen molar-refractivity contribution >= 4 is 10.0 Å². The molecule has 1 rings (SSSR count). The van der Waals surface area contributed by atoms with Crippen LogP contribution in [0.4, 0.5) is 0 Å². The Bertz CT molecular complexity index is 468. The maximum absolute atomic E-state index is 11.8. The Labute approximate surface area is 114 Å². The summed E-state index contributed by atoms with van der Waals surface area (Å²) in [6, 6.07) is 2.96. The van der Waals surface area contributed by atoms with Gasteiger partial charge in [0.05, 0.1) is 6.54 Å². The molecule has 0 saturated heterocycles. The van der Waals surface area contributed by atoms with E-state index in [0.717, 1.165) is 0 Å². The van der Waals surface area contributed by atoms with Gasteiger partial charge in [-0.25, -0.2) is 13.1 Å². The van der Waals surface area contributed by atoms with Gasteiger partial charge in [-0.2, -0.15) is 0 Å². The predicted octanol–water partition coefficient (Wildman–Crippen LogP) is 1.08. The summed E-state index contributed by atoms with van der Waals surface area (Å²) < 4.78 is 36.6. The zero-order chi connectivity index (χ0) is 14.3. The summed E-state index contributed by atoms with van der Waals surface area (Å²) in [5.74, 6) is 0.926. The Morgan fingerprint density at radius 1 is 1.42 bits per heavy atom. The van der Waals surface area contributed by atoms with Gasteiger partial charge >= 0.3 is 0 Å². The molecule has 0 aliphatic rings. The van der Waals surface area contributed by atoms with Crippen molar-refractivity contribution in [2.75, 3.05) is 19.8 Å². The largest absolute Gasteiger partial charge is 0.447 e. The maximum atomic E-state index is 11.8. The summed E-state index contributed by atoms with van der Waals surface area (Å²) in [7, 11) is -3.58. The first-order valence-corrected chi connectivity index (χ1v) is 7.80. The number of ether oxygens (including phenoxy) is 1. The van der Waals surface area contributed by atoms with Gasteiger partial charge in [0.1, 0.15) is 5.76 Å². The topological polar surface area (TPSA) is 94.6 Å². The van der Waals surface area contributed by atoms with Crippen LogP contribution in [0.2, 0.25) is 0 Å². The van der Waals surface area contributed by atoms with E-state index in [1.54, 1.807) is 6.07 Å². The van der Waals surface area contributed by atoms with Crippen LogP contribution in [0.3, 0.4) is 0 Å². The molecule has 110 valence electrons. The molecule has 7 heteroatoms. The van der Waals surface area contributed by atoms with Crippen molar-refractivity contribution in [2.24, 2.45) is 11.7 Å². The quantitative estimate of drug-likeness (QED) is 0.664. The van der Waals surface area contributed by atoms with Gasteiger partial charge in [-0.3, -0.25) is 0 Å². The van der Waals surface area contributed by atoms with Crippen LogP contribution in [-0.4, -0.2) is 28.2 Å². The predicted molar refractivity (Wildman–Crippen MR) is 72.1 cm³/mol. The second kappa shape index (κ2) is 7.64. The lowest BCUT2D eigenvalue weighted by Gasteiger charge is -2.07. The van der Waals surface area contributed by atoms with E-state index in [1.807, 2.05) is 0 Å². The van der Waals surface area contributed by atoms with E-state index < -0.39 is 10.0 Å². The van der Waals surface area contributed by atoms with Crippen molar-refractivity contribution in [1.82, 2.24) is 4.72 Å². The third-order valence-electron chi connectivity index (χ3n) is 2.31. The molecule has 0 saturated carbocycles. The number of nitrogens with two attached hydrogens (primary N) is 1. The first-order valence-electron chi connectivity index (χ1n) is 6.32. The van der Waals surface area contributed by atoms with E-state index in [1.165, 1.54) is 6.07 Å². The van der Waals surface area contributed by atoms with Crippen molar-refractivity contribution in [2.45, 2.75) is 31.9 Å². The Kier molecular flexibility index (Phi) is 6.50. The molecule has 1 aromatic heterocycles.